The Hall–Kier alpha value is -1.22. The van der Waals surface area contributed by atoms with Crippen molar-refractivity contribution in [3.8, 4) is 0 Å². The van der Waals surface area contributed by atoms with E-state index in [1.165, 1.54) is 6.26 Å². The molecule has 0 aliphatic heterocycles. The summed E-state index contributed by atoms with van der Waals surface area (Å²) in [6, 6.07) is 1.56. The maximum absolute atomic E-state index is 11.7. The minimum absolute atomic E-state index is 0.128. The molecule has 0 aliphatic rings. The highest BCUT2D eigenvalue weighted by molar-refractivity contribution is 6.32. The van der Waals surface area contributed by atoms with Gasteiger partial charge in [0, 0.05) is 13.6 Å². The molecule has 1 amide bonds. The van der Waals surface area contributed by atoms with E-state index in [1.807, 2.05) is 6.92 Å². The molecule has 0 unspecified atom stereocenters. The van der Waals surface area contributed by atoms with E-state index in [9.17, 15) is 4.79 Å². The fraction of sp³-hybridized carbons (Fsp3) is 0.300. The van der Waals surface area contributed by atoms with Crippen molar-refractivity contribution in [3.05, 3.63) is 35.3 Å². The number of hydrogen-bond acceptors (Lipinski definition) is 2. The summed E-state index contributed by atoms with van der Waals surface area (Å²) in [6.07, 6.45) is 1.39. The highest BCUT2D eigenvalue weighted by atomic mass is 35.5. The molecule has 1 aromatic rings. The molecule has 14 heavy (non-hydrogen) atoms. The van der Waals surface area contributed by atoms with Gasteiger partial charge in [-0.05, 0) is 24.6 Å². The number of carbonyl (C=O) groups is 1. The third kappa shape index (κ3) is 2.39. The van der Waals surface area contributed by atoms with Crippen molar-refractivity contribution in [3.63, 3.8) is 0 Å². The van der Waals surface area contributed by atoms with Crippen LogP contribution in [0.1, 0.15) is 17.3 Å². The van der Waals surface area contributed by atoms with Crippen molar-refractivity contribution in [1.82, 2.24) is 4.90 Å². The zero-order valence-corrected chi connectivity index (χ0v) is 8.97. The smallest absolute Gasteiger partial charge is 0.258 e. The molecule has 76 valence electrons. The quantitative estimate of drug-likeness (QED) is 0.724. The molecule has 0 spiro atoms. The van der Waals surface area contributed by atoms with Crippen molar-refractivity contribution >= 4 is 17.5 Å². The molecule has 1 aromatic heterocycles. The SMILES string of the molecule is C=C(C)CN(C)C(=O)c1ccoc1Cl. The van der Waals surface area contributed by atoms with E-state index in [4.69, 9.17) is 16.0 Å². The second kappa shape index (κ2) is 4.33. The molecule has 0 N–H and O–H groups in total. The number of furan rings is 1. The normalized spacial score (nSPS) is 9.93. The Balaban J connectivity index is 2.76. The first-order valence-corrected chi connectivity index (χ1v) is 4.53. The lowest BCUT2D eigenvalue weighted by molar-refractivity contribution is 0.0806. The number of rotatable bonds is 3. The molecule has 0 aromatic carbocycles. The zero-order chi connectivity index (χ0) is 10.7. The predicted molar refractivity (Wildman–Crippen MR) is 55.5 cm³/mol. The van der Waals surface area contributed by atoms with E-state index in [2.05, 4.69) is 6.58 Å². The molecule has 0 radical (unpaired) electrons. The van der Waals surface area contributed by atoms with Crippen LogP contribution in [0.25, 0.3) is 0 Å². The predicted octanol–water partition coefficient (Wildman–Crippen LogP) is 2.58. The summed E-state index contributed by atoms with van der Waals surface area (Å²) in [7, 11) is 1.69. The number of nitrogens with zero attached hydrogens (tertiary/aromatic N) is 1. The topological polar surface area (TPSA) is 33.5 Å². The van der Waals surface area contributed by atoms with Gasteiger partial charge in [-0.25, -0.2) is 0 Å². The molecule has 0 fully saturated rings. The first-order valence-electron chi connectivity index (χ1n) is 4.15. The van der Waals surface area contributed by atoms with Crippen molar-refractivity contribution in [2.24, 2.45) is 0 Å². The summed E-state index contributed by atoms with van der Waals surface area (Å²) in [5, 5.41) is 0.128. The second-order valence-corrected chi connectivity index (χ2v) is 3.57. The van der Waals surface area contributed by atoms with Gasteiger partial charge in [-0.15, -0.1) is 0 Å². The number of carbonyl (C=O) groups excluding carboxylic acids is 1. The highest BCUT2D eigenvalue weighted by Gasteiger charge is 2.16. The number of likely N-dealkylation sites (N-methyl/N-ethyl adjacent to an activating group) is 1. The van der Waals surface area contributed by atoms with Crippen LogP contribution in [-0.4, -0.2) is 24.4 Å². The van der Waals surface area contributed by atoms with Gasteiger partial charge in [0.05, 0.1) is 11.8 Å². The van der Waals surface area contributed by atoms with Gasteiger partial charge in [0.2, 0.25) is 5.22 Å². The first kappa shape index (κ1) is 10.9. The van der Waals surface area contributed by atoms with E-state index >= 15 is 0 Å². The fourth-order valence-corrected chi connectivity index (χ4v) is 1.32. The third-order valence-corrected chi connectivity index (χ3v) is 1.99. The molecular weight excluding hydrogens is 202 g/mol. The second-order valence-electron chi connectivity index (χ2n) is 3.23. The van der Waals surface area contributed by atoms with Crippen molar-refractivity contribution in [1.29, 1.82) is 0 Å². The summed E-state index contributed by atoms with van der Waals surface area (Å²) in [4.78, 5) is 13.2. The maximum Gasteiger partial charge on any atom is 0.258 e. The van der Waals surface area contributed by atoms with Gasteiger partial charge in [-0.2, -0.15) is 0 Å². The third-order valence-electron chi connectivity index (χ3n) is 1.70. The minimum Gasteiger partial charge on any atom is -0.452 e. The highest BCUT2D eigenvalue weighted by Crippen LogP contribution is 2.18. The van der Waals surface area contributed by atoms with Gasteiger partial charge in [-0.1, -0.05) is 12.2 Å². The van der Waals surface area contributed by atoms with Gasteiger partial charge >= 0.3 is 0 Å². The Kier molecular flexibility index (Phi) is 3.36. The van der Waals surface area contributed by atoms with Crippen LogP contribution in [0, 0.1) is 0 Å². The molecule has 0 saturated carbocycles. The average Bonchev–Trinajstić information content (AvgIpc) is 2.48. The van der Waals surface area contributed by atoms with E-state index in [0.29, 0.717) is 12.1 Å². The molecule has 0 saturated heterocycles. The summed E-state index contributed by atoms with van der Waals surface area (Å²) in [6.45, 7) is 6.11. The average molecular weight is 214 g/mol. The van der Waals surface area contributed by atoms with Crippen LogP contribution in [-0.2, 0) is 0 Å². The number of hydrogen-bond donors (Lipinski definition) is 0. The van der Waals surface area contributed by atoms with Gasteiger partial charge < -0.3 is 9.32 Å². The van der Waals surface area contributed by atoms with E-state index < -0.39 is 0 Å². The van der Waals surface area contributed by atoms with E-state index in [0.717, 1.165) is 5.57 Å². The molecule has 0 atom stereocenters. The Labute approximate surface area is 88.0 Å². The van der Waals surface area contributed by atoms with Crippen molar-refractivity contribution in [2.75, 3.05) is 13.6 Å². The Bertz CT molecular complexity index is 357. The summed E-state index contributed by atoms with van der Waals surface area (Å²) < 4.78 is 4.84. The molecular formula is C10H12ClNO2. The molecule has 3 nitrogen and oxygen atoms in total. The van der Waals surface area contributed by atoms with E-state index in [-0.39, 0.29) is 11.1 Å². The Morgan fingerprint density at radius 1 is 1.71 bits per heavy atom. The lowest BCUT2D eigenvalue weighted by Crippen LogP contribution is -2.27. The van der Waals surface area contributed by atoms with E-state index in [1.54, 1.807) is 18.0 Å². The Morgan fingerprint density at radius 3 is 2.79 bits per heavy atom. The van der Waals surface area contributed by atoms with Crippen LogP contribution in [0.5, 0.6) is 0 Å². The zero-order valence-electron chi connectivity index (χ0n) is 8.21. The lowest BCUT2D eigenvalue weighted by atomic mass is 10.2. The van der Waals surface area contributed by atoms with Crippen LogP contribution in [0.3, 0.4) is 0 Å². The minimum atomic E-state index is -0.160. The van der Waals surface area contributed by atoms with Crippen molar-refractivity contribution < 1.29 is 9.21 Å². The molecule has 1 heterocycles. The van der Waals surface area contributed by atoms with Crippen LogP contribution in [0.15, 0.2) is 28.9 Å². The summed E-state index contributed by atoms with van der Waals surface area (Å²) in [5.74, 6) is -0.160. The van der Waals surface area contributed by atoms with Gasteiger partial charge in [0.15, 0.2) is 0 Å². The fourth-order valence-electron chi connectivity index (χ4n) is 1.13. The van der Waals surface area contributed by atoms with Crippen molar-refractivity contribution in [2.45, 2.75) is 6.92 Å². The van der Waals surface area contributed by atoms with Gasteiger partial charge in [0.25, 0.3) is 5.91 Å². The van der Waals surface area contributed by atoms with Crippen LogP contribution in [0.2, 0.25) is 5.22 Å². The first-order chi connectivity index (χ1) is 6.52. The molecule has 1 rings (SSSR count). The molecule has 4 heteroatoms. The number of halogens is 1. The number of amides is 1. The van der Waals surface area contributed by atoms with Gasteiger partial charge in [-0.3, -0.25) is 4.79 Å². The largest absolute Gasteiger partial charge is 0.452 e. The van der Waals surface area contributed by atoms with Crippen LogP contribution >= 0.6 is 11.6 Å². The monoisotopic (exact) mass is 213 g/mol. The van der Waals surface area contributed by atoms with Crippen LogP contribution < -0.4 is 0 Å². The molecule has 0 bridgehead atoms. The lowest BCUT2D eigenvalue weighted by Gasteiger charge is -2.15. The standard InChI is InChI=1S/C10H12ClNO2/c1-7(2)6-12(3)10(13)8-4-5-14-9(8)11/h4-5H,1,6H2,2-3H3. The Morgan fingerprint density at radius 2 is 2.36 bits per heavy atom. The molecule has 0 aliphatic carbocycles. The maximum atomic E-state index is 11.7. The summed E-state index contributed by atoms with van der Waals surface area (Å²) >= 11 is 5.68. The van der Waals surface area contributed by atoms with Crippen LogP contribution in [0.4, 0.5) is 0 Å². The van der Waals surface area contributed by atoms with Gasteiger partial charge in [0.1, 0.15) is 0 Å². The summed E-state index contributed by atoms with van der Waals surface area (Å²) in [5.41, 5.74) is 1.30.